The number of carbonyl (C=O) groups is 2. The summed E-state index contributed by atoms with van der Waals surface area (Å²) in [7, 11) is 0. The molecule has 40 heavy (non-hydrogen) atoms. The van der Waals surface area contributed by atoms with Crippen LogP contribution in [-0.4, -0.2) is 22.9 Å². The zero-order valence-electron chi connectivity index (χ0n) is 20.7. The van der Waals surface area contributed by atoms with Crippen molar-refractivity contribution in [3.63, 3.8) is 0 Å². The Bertz CT molecular complexity index is 1980. The van der Waals surface area contributed by atoms with Crippen LogP contribution in [0.4, 0.5) is 5.13 Å². The van der Waals surface area contributed by atoms with Gasteiger partial charge in [-0.25, -0.2) is 4.98 Å². The van der Waals surface area contributed by atoms with Gasteiger partial charge in [0.1, 0.15) is 11.8 Å². The molecule has 194 valence electrons. The number of hydrogen-bond donors (Lipinski definition) is 0. The lowest BCUT2D eigenvalue weighted by molar-refractivity contribution is 0.0985. The quantitative estimate of drug-likeness (QED) is 0.115. The van der Waals surface area contributed by atoms with E-state index in [1.54, 1.807) is 72.8 Å². The number of carbonyl (C=O) groups excluding carboxylic acids is 2. The lowest BCUT2D eigenvalue weighted by Gasteiger charge is -2.14. The highest BCUT2D eigenvalue weighted by Crippen LogP contribution is 2.32. The molecule has 6 aromatic rings. The average Bonchev–Trinajstić information content (AvgIpc) is 3.41. The Morgan fingerprint density at radius 2 is 1.57 bits per heavy atom. The summed E-state index contributed by atoms with van der Waals surface area (Å²) < 4.78 is 7.33. The third-order valence-electron chi connectivity index (χ3n) is 6.16. The summed E-state index contributed by atoms with van der Waals surface area (Å²) in [5.41, 5.74) is 2.38. The normalized spacial score (nSPS) is 11.3. The fourth-order valence-electron chi connectivity index (χ4n) is 4.11. The van der Waals surface area contributed by atoms with Crippen molar-refractivity contribution in [2.45, 2.75) is 0 Å². The maximum absolute atomic E-state index is 13.7. The predicted octanol–water partition coefficient (Wildman–Crippen LogP) is 7.08. The maximum Gasteiger partial charge on any atom is 0.280 e. The number of amides is 1. The minimum Gasteiger partial charge on any atom is -0.463 e. The van der Waals surface area contributed by atoms with Crippen LogP contribution in [0.15, 0.2) is 122 Å². The number of anilines is 1. The number of fused-ring (bicyclic) bond motifs is 2. The first-order chi connectivity index (χ1) is 19.5. The van der Waals surface area contributed by atoms with Crippen LogP contribution >= 0.6 is 27.3 Å². The highest BCUT2D eigenvalue weighted by molar-refractivity contribution is 9.10. The molecular formula is C31H18BrN3O4S. The predicted molar refractivity (Wildman–Crippen MR) is 161 cm³/mol. The van der Waals surface area contributed by atoms with Crippen molar-refractivity contribution in [1.29, 1.82) is 0 Å². The Hall–Kier alpha value is -4.73. The van der Waals surface area contributed by atoms with Gasteiger partial charge < -0.3 is 4.42 Å². The number of halogens is 1. The number of benzene rings is 4. The Morgan fingerprint density at radius 3 is 2.38 bits per heavy atom. The van der Waals surface area contributed by atoms with E-state index in [0.717, 1.165) is 14.2 Å². The summed E-state index contributed by atoms with van der Waals surface area (Å²) >= 11 is 4.75. The number of thiazole rings is 1. The Kier molecular flexibility index (Phi) is 6.90. The minimum atomic E-state index is -0.474. The van der Waals surface area contributed by atoms with Gasteiger partial charge in [-0.05, 0) is 42.5 Å². The average molecular weight is 608 g/mol. The van der Waals surface area contributed by atoms with Crippen LogP contribution in [0.5, 0.6) is 0 Å². The fourth-order valence-corrected chi connectivity index (χ4v) is 5.58. The molecule has 0 unspecified atom stereocenters. The van der Waals surface area contributed by atoms with Crippen LogP contribution in [0.2, 0.25) is 0 Å². The highest BCUT2D eigenvalue weighted by Gasteiger charge is 2.22. The molecule has 0 radical (unpaired) electrons. The van der Waals surface area contributed by atoms with Crippen molar-refractivity contribution in [3.05, 3.63) is 140 Å². The first-order valence-electron chi connectivity index (χ1n) is 12.1. The number of nitrogens with zero attached hydrogens (tertiary/aromatic N) is 3. The SMILES string of the molecule is O=C(c1ccccc1)c1ccc(C(=O)N(/N=C/c2coc3ccccc3c2=O)c2nc3ccc(Br)cc3s2)cc1. The smallest absolute Gasteiger partial charge is 0.280 e. The van der Waals surface area contributed by atoms with E-state index in [-0.39, 0.29) is 16.8 Å². The summed E-state index contributed by atoms with van der Waals surface area (Å²) in [6, 6.07) is 27.8. The van der Waals surface area contributed by atoms with E-state index in [1.807, 2.05) is 24.3 Å². The van der Waals surface area contributed by atoms with Crippen molar-refractivity contribution in [1.82, 2.24) is 4.98 Å². The van der Waals surface area contributed by atoms with Crippen LogP contribution in [-0.2, 0) is 0 Å². The van der Waals surface area contributed by atoms with Crippen LogP contribution in [0.3, 0.4) is 0 Å². The molecule has 0 aliphatic rings. The number of aromatic nitrogens is 1. The molecule has 1 amide bonds. The van der Waals surface area contributed by atoms with Crippen LogP contribution in [0.25, 0.3) is 21.2 Å². The highest BCUT2D eigenvalue weighted by atomic mass is 79.9. The first kappa shape index (κ1) is 25.5. The fraction of sp³-hybridized carbons (Fsp3) is 0. The van der Waals surface area contributed by atoms with Gasteiger partial charge in [-0.3, -0.25) is 14.4 Å². The lowest BCUT2D eigenvalue weighted by Crippen LogP contribution is -2.26. The molecule has 0 saturated heterocycles. The third kappa shape index (κ3) is 5.00. The van der Waals surface area contributed by atoms with E-state index in [2.05, 4.69) is 26.0 Å². The summed E-state index contributed by atoms with van der Waals surface area (Å²) in [5.74, 6) is -0.618. The van der Waals surface area contributed by atoms with E-state index in [1.165, 1.54) is 23.8 Å². The van der Waals surface area contributed by atoms with Gasteiger partial charge in [0.05, 0.1) is 27.4 Å². The van der Waals surface area contributed by atoms with E-state index in [4.69, 9.17) is 4.42 Å². The van der Waals surface area contributed by atoms with Gasteiger partial charge in [0.2, 0.25) is 10.6 Å². The number of hydrazone groups is 1. The van der Waals surface area contributed by atoms with Crippen LogP contribution in [0, 0.1) is 0 Å². The minimum absolute atomic E-state index is 0.144. The molecule has 0 saturated carbocycles. The summed E-state index contributed by atoms with van der Waals surface area (Å²) in [6.07, 6.45) is 2.61. The molecule has 7 nitrogen and oxygen atoms in total. The van der Waals surface area contributed by atoms with Crippen molar-refractivity contribution in [2.75, 3.05) is 5.01 Å². The second kappa shape index (κ2) is 10.8. The molecule has 0 fully saturated rings. The van der Waals surface area contributed by atoms with E-state index >= 15 is 0 Å². The molecule has 0 aliphatic heterocycles. The maximum atomic E-state index is 13.7. The second-order valence-electron chi connectivity index (χ2n) is 8.76. The molecule has 0 spiro atoms. The number of para-hydroxylation sites is 1. The summed E-state index contributed by atoms with van der Waals surface area (Å²) in [6.45, 7) is 0. The molecule has 0 aliphatic carbocycles. The topological polar surface area (TPSA) is 92.8 Å². The van der Waals surface area contributed by atoms with Gasteiger partial charge in [0.25, 0.3) is 5.91 Å². The largest absolute Gasteiger partial charge is 0.463 e. The molecule has 4 aromatic carbocycles. The summed E-state index contributed by atoms with van der Waals surface area (Å²) in [4.78, 5) is 44.2. The van der Waals surface area contributed by atoms with Crippen molar-refractivity contribution in [3.8, 4) is 0 Å². The number of ketones is 1. The van der Waals surface area contributed by atoms with Gasteiger partial charge >= 0.3 is 0 Å². The Labute approximate surface area is 240 Å². The molecular weight excluding hydrogens is 590 g/mol. The third-order valence-corrected chi connectivity index (χ3v) is 7.65. The zero-order valence-corrected chi connectivity index (χ0v) is 23.1. The zero-order chi connectivity index (χ0) is 27.6. The molecule has 0 atom stereocenters. The van der Waals surface area contributed by atoms with Crippen molar-refractivity contribution < 1.29 is 14.0 Å². The lowest BCUT2D eigenvalue weighted by atomic mass is 10.0. The molecule has 0 N–H and O–H groups in total. The second-order valence-corrected chi connectivity index (χ2v) is 10.7. The van der Waals surface area contributed by atoms with Crippen molar-refractivity contribution in [2.24, 2.45) is 5.10 Å². The molecule has 2 heterocycles. The monoisotopic (exact) mass is 607 g/mol. The van der Waals surface area contributed by atoms with E-state index in [0.29, 0.717) is 38.3 Å². The Balaban J connectivity index is 1.38. The number of hydrogen-bond acceptors (Lipinski definition) is 7. The molecule has 6 rings (SSSR count). The van der Waals surface area contributed by atoms with Gasteiger partial charge in [-0.2, -0.15) is 10.1 Å². The van der Waals surface area contributed by atoms with Gasteiger partial charge in [-0.15, -0.1) is 0 Å². The van der Waals surface area contributed by atoms with Gasteiger partial charge in [-0.1, -0.05) is 81.9 Å². The number of rotatable bonds is 6. The van der Waals surface area contributed by atoms with Crippen LogP contribution < -0.4 is 10.4 Å². The molecule has 0 bridgehead atoms. The van der Waals surface area contributed by atoms with E-state index < -0.39 is 5.91 Å². The van der Waals surface area contributed by atoms with Crippen molar-refractivity contribution >= 4 is 71.5 Å². The van der Waals surface area contributed by atoms with Gasteiger partial charge in [0.15, 0.2) is 5.78 Å². The standard InChI is InChI=1S/C31H18BrN3O4S/c32-23-14-15-25-27(16-23)40-31(34-25)35(33-17-22-18-39-26-9-5-4-8-24(26)29(22)37)30(38)21-12-10-20(11-13-21)28(36)19-6-2-1-3-7-19/h1-18H/b33-17+. The van der Waals surface area contributed by atoms with Crippen LogP contribution in [0.1, 0.15) is 31.8 Å². The summed E-state index contributed by atoms with van der Waals surface area (Å²) in [5, 5.41) is 6.29. The first-order valence-corrected chi connectivity index (χ1v) is 13.7. The Morgan fingerprint density at radius 1 is 0.875 bits per heavy atom. The molecule has 9 heteroatoms. The van der Waals surface area contributed by atoms with E-state index in [9.17, 15) is 14.4 Å². The molecule has 2 aromatic heterocycles. The van der Waals surface area contributed by atoms with Gasteiger partial charge in [0, 0.05) is 21.2 Å².